The van der Waals surface area contributed by atoms with E-state index in [0.717, 1.165) is 49.2 Å². The van der Waals surface area contributed by atoms with E-state index in [1.165, 1.54) is 0 Å². The fourth-order valence-corrected chi connectivity index (χ4v) is 4.09. The molecule has 7 heteroatoms. The third-order valence-corrected chi connectivity index (χ3v) is 5.94. The van der Waals surface area contributed by atoms with E-state index >= 15 is 0 Å². The molecule has 6 nitrogen and oxygen atoms in total. The van der Waals surface area contributed by atoms with Gasteiger partial charge in [0.1, 0.15) is 10.7 Å². The van der Waals surface area contributed by atoms with Crippen molar-refractivity contribution in [1.29, 1.82) is 0 Å². The highest BCUT2D eigenvalue weighted by Gasteiger charge is 2.37. The lowest BCUT2D eigenvalue weighted by atomic mass is 10.1. The van der Waals surface area contributed by atoms with Crippen LogP contribution in [0.2, 0.25) is 0 Å². The highest BCUT2D eigenvalue weighted by molar-refractivity contribution is 6.48. The molecule has 2 aliphatic heterocycles. The number of hydrogen-bond donors (Lipinski definition) is 1. The van der Waals surface area contributed by atoms with Gasteiger partial charge in [-0.3, -0.25) is 19.3 Å². The van der Waals surface area contributed by atoms with Crippen molar-refractivity contribution >= 4 is 35.0 Å². The summed E-state index contributed by atoms with van der Waals surface area (Å²) in [5, 5.41) is 2.82. The Bertz CT molecular complexity index is 1010. The van der Waals surface area contributed by atoms with Gasteiger partial charge in [0, 0.05) is 24.3 Å². The van der Waals surface area contributed by atoms with Crippen molar-refractivity contribution in [2.75, 3.05) is 18.4 Å². The third kappa shape index (κ3) is 4.64. The van der Waals surface area contributed by atoms with E-state index in [2.05, 4.69) is 5.32 Å². The first-order valence-corrected chi connectivity index (χ1v) is 10.9. The van der Waals surface area contributed by atoms with Gasteiger partial charge >= 0.3 is 0 Å². The summed E-state index contributed by atoms with van der Waals surface area (Å²) in [6, 6.07) is 16.2. The van der Waals surface area contributed by atoms with Crippen LogP contribution in [0.5, 0.6) is 0 Å². The topological polar surface area (TPSA) is 69.7 Å². The van der Waals surface area contributed by atoms with E-state index < -0.39 is 11.8 Å². The maximum atomic E-state index is 12.8. The lowest BCUT2D eigenvalue weighted by molar-refractivity contribution is -0.138. The molecule has 0 radical (unpaired) electrons. The zero-order chi connectivity index (χ0) is 21.8. The van der Waals surface area contributed by atoms with Gasteiger partial charge in [-0.25, -0.2) is 0 Å². The first-order valence-electron chi connectivity index (χ1n) is 10.5. The van der Waals surface area contributed by atoms with Crippen LogP contribution in [-0.4, -0.2) is 40.6 Å². The number of hydrogen-bond acceptors (Lipinski definition) is 4. The second-order valence-corrected chi connectivity index (χ2v) is 8.16. The first kappa shape index (κ1) is 21.1. The Balaban J connectivity index is 1.44. The van der Waals surface area contributed by atoms with Crippen molar-refractivity contribution in [2.24, 2.45) is 0 Å². The zero-order valence-electron chi connectivity index (χ0n) is 17.1. The number of benzene rings is 2. The van der Waals surface area contributed by atoms with E-state index in [0.29, 0.717) is 11.3 Å². The summed E-state index contributed by atoms with van der Waals surface area (Å²) in [6.07, 6.45) is 4.40. The highest BCUT2D eigenvalue weighted by atomic mass is 35.5. The quantitative estimate of drug-likeness (QED) is 0.714. The molecular formula is C24H24ClN3O3. The number of anilines is 1. The van der Waals surface area contributed by atoms with Crippen LogP contribution in [0.25, 0.3) is 0 Å². The SMILES string of the molecule is O=C(c1ccc(NC2=C(Cl)C(=O)N(Cc3ccccc3)C2=O)cc1)N1CCCCCC1. The molecule has 1 saturated heterocycles. The van der Waals surface area contributed by atoms with Crippen molar-refractivity contribution in [3.8, 4) is 0 Å². The molecule has 0 atom stereocenters. The van der Waals surface area contributed by atoms with Crippen LogP contribution in [0.15, 0.2) is 65.3 Å². The smallest absolute Gasteiger partial charge is 0.279 e. The molecule has 3 amide bonds. The number of amides is 3. The molecule has 0 unspecified atom stereocenters. The molecule has 2 aromatic rings. The standard InChI is InChI=1S/C24H24ClN3O3/c25-20-21(24(31)28(23(20)30)16-17-8-4-3-5-9-17)26-19-12-10-18(11-13-19)22(29)27-14-6-1-2-7-15-27/h3-5,8-13,26H,1-2,6-7,14-16H2. The van der Waals surface area contributed by atoms with Crippen LogP contribution in [0.3, 0.4) is 0 Å². The number of nitrogens with zero attached hydrogens (tertiary/aromatic N) is 2. The molecule has 0 aromatic heterocycles. The Morgan fingerprint density at radius 1 is 0.871 bits per heavy atom. The van der Waals surface area contributed by atoms with Crippen molar-refractivity contribution in [3.05, 3.63) is 76.5 Å². The molecular weight excluding hydrogens is 414 g/mol. The minimum Gasteiger partial charge on any atom is -0.350 e. The number of carbonyl (C=O) groups is 3. The van der Waals surface area contributed by atoms with Gasteiger partial charge in [-0.2, -0.15) is 0 Å². The molecule has 31 heavy (non-hydrogen) atoms. The molecule has 1 fully saturated rings. The lowest BCUT2D eigenvalue weighted by Gasteiger charge is -2.20. The maximum Gasteiger partial charge on any atom is 0.279 e. The lowest BCUT2D eigenvalue weighted by Crippen LogP contribution is -2.32. The number of rotatable bonds is 5. The predicted molar refractivity (Wildman–Crippen MR) is 119 cm³/mol. The molecule has 4 rings (SSSR count). The summed E-state index contributed by atoms with van der Waals surface area (Å²) in [6.45, 7) is 1.73. The minimum absolute atomic E-state index is 0.0202. The summed E-state index contributed by atoms with van der Waals surface area (Å²) >= 11 is 6.18. The van der Waals surface area contributed by atoms with Crippen LogP contribution in [0.1, 0.15) is 41.6 Å². The summed E-state index contributed by atoms with van der Waals surface area (Å²) in [5.74, 6) is -0.971. The molecule has 160 valence electrons. The maximum absolute atomic E-state index is 12.8. The fraction of sp³-hybridized carbons (Fsp3) is 0.292. The van der Waals surface area contributed by atoms with Crippen LogP contribution < -0.4 is 5.32 Å². The van der Waals surface area contributed by atoms with Gasteiger partial charge in [-0.1, -0.05) is 54.8 Å². The molecule has 0 saturated carbocycles. The van der Waals surface area contributed by atoms with E-state index in [-0.39, 0.29) is 23.2 Å². The van der Waals surface area contributed by atoms with Gasteiger partial charge in [-0.15, -0.1) is 0 Å². The van der Waals surface area contributed by atoms with Crippen molar-refractivity contribution < 1.29 is 14.4 Å². The Morgan fingerprint density at radius 3 is 2.16 bits per heavy atom. The van der Waals surface area contributed by atoms with Gasteiger partial charge in [0.25, 0.3) is 17.7 Å². The summed E-state index contributed by atoms with van der Waals surface area (Å²) < 4.78 is 0. The van der Waals surface area contributed by atoms with Gasteiger partial charge in [0.2, 0.25) is 0 Å². The number of imide groups is 1. The third-order valence-electron chi connectivity index (χ3n) is 5.59. The van der Waals surface area contributed by atoms with Gasteiger partial charge < -0.3 is 10.2 Å². The van der Waals surface area contributed by atoms with Crippen LogP contribution in [0, 0.1) is 0 Å². The highest BCUT2D eigenvalue weighted by Crippen LogP contribution is 2.27. The van der Waals surface area contributed by atoms with Gasteiger partial charge in [0.15, 0.2) is 0 Å². The monoisotopic (exact) mass is 437 g/mol. The number of halogens is 1. The first-order chi connectivity index (χ1) is 15.0. The van der Waals surface area contributed by atoms with Crippen LogP contribution in [0.4, 0.5) is 5.69 Å². The zero-order valence-corrected chi connectivity index (χ0v) is 17.9. The fourth-order valence-electron chi connectivity index (χ4n) is 3.86. The van der Waals surface area contributed by atoms with Crippen molar-refractivity contribution in [2.45, 2.75) is 32.2 Å². The van der Waals surface area contributed by atoms with Gasteiger partial charge in [-0.05, 0) is 42.7 Å². The minimum atomic E-state index is -0.522. The largest absolute Gasteiger partial charge is 0.350 e. The Hall–Kier alpha value is -3.12. The van der Waals surface area contributed by atoms with E-state index in [1.807, 2.05) is 35.2 Å². The Kier molecular flexibility index (Phi) is 6.37. The normalized spacial score (nSPS) is 17.2. The van der Waals surface area contributed by atoms with E-state index in [4.69, 9.17) is 11.6 Å². The second kappa shape index (κ2) is 9.35. The summed E-state index contributed by atoms with van der Waals surface area (Å²) in [4.78, 5) is 41.0. The van der Waals surface area contributed by atoms with E-state index in [1.54, 1.807) is 24.3 Å². The van der Waals surface area contributed by atoms with Crippen molar-refractivity contribution in [3.63, 3.8) is 0 Å². The number of likely N-dealkylation sites (tertiary alicyclic amines) is 1. The molecule has 2 aliphatic rings. The van der Waals surface area contributed by atoms with E-state index in [9.17, 15) is 14.4 Å². The summed E-state index contributed by atoms with van der Waals surface area (Å²) in [7, 11) is 0. The summed E-state index contributed by atoms with van der Waals surface area (Å²) in [5.41, 5.74) is 2.08. The number of nitrogens with one attached hydrogen (secondary N) is 1. The van der Waals surface area contributed by atoms with Crippen LogP contribution in [-0.2, 0) is 16.1 Å². The molecule has 2 aromatic carbocycles. The molecule has 0 spiro atoms. The average Bonchev–Trinajstić information content (AvgIpc) is 3.01. The molecule has 0 bridgehead atoms. The molecule has 1 N–H and O–H groups in total. The Morgan fingerprint density at radius 2 is 1.52 bits per heavy atom. The Labute approximate surface area is 186 Å². The van der Waals surface area contributed by atoms with Gasteiger partial charge in [0.05, 0.1) is 6.54 Å². The second-order valence-electron chi connectivity index (χ2n) is 7.78. The molecule has 2 heterocycles. The molecule has 0 aliphatic carbocycles. The van der Waals surface area contributed by atoms with Crippen molar-refractivity contribution in [1.82, 2.24) is 9.80 Å². The predicted octanol–water partition coefficient (Wildman–Crippen LogP) is 4.13. The number of carbonyl (C=O) groups excluding carboxylic acids is 3. The average molecular weight is 438 g/mol. The van der Waals surface area contributed by atoms with Crippen LogP contribution >= 0.6 is 11.6 Å².